The lowest BCUT2D eigenvalue weighted by molar-refractivity contribution is -0.133. The first-order valence-corrected chi connectivity index (χ1v) is 6.30. The minimum absolute atomic E-state index is 0.0238. The van der Waals surface area contributed by atoms with Gasteiger partial charge in [0.15, 0.2) is 5.16 Å². The maximum atomic E-state index is 10.6. The normalized spacial score (nSPS) is 11.4. The molecule has 1 N–H and O–H groups in total. The lowest BCUT2D eigenvalue weighted by Crippen LogP contribution is -1.99. The van der Waals surface area contributed by atoms with Crippen molar-refractivity contribution in [2.24, 2.45) is 7.05 Å². The van der Waals surface area contributed by atoms with Gasteiger partial charge in [0.1, 0.15) is 0 Å². The lowest BCUT2D eigenvalue weighted by Gasteiger charge is -1.95. The molecule has 3 aromatic rings. The number of hydrogen-bond donors (Lipinski definition) is 1. The third-order valence-electron chi connectivity index (χ3n) is 2.73. The number of nitrogens with zero attached hydrogens (tertiary/aromatic N) is 4. The molecular weight excluding hydrogens is 252 g/mol. The molecule has 0 aliphatic carbocycles. The molecule has 6 nitrogen and oxygen atoms in total. The molecule has 2 aromatic heterocycles. The van der Waals surface area contributed by atoms with E-state index in [2.05, 4.69) is 10.2 Å². The van der Waals surface area contributed by atoms with Gasteiger partial charge in [0.25, 0.3) is 0 Å². The molecular formula is C11H10N4O2S. The Balaban J connectivity index is 2.22. The SMILES string of the molecule is Cn1c2ccccc2n2c(SCC(=O)O)nnc12. The Morgan fingerprint density at radius 1 is 1.33 bits per heavy atom. The van der Waals surface area contributed by atoms with Crippen LogP contribution in [0.4, 0.5) is 0 Å². The van der Waals surface area contributed by atoms with Gasteiger partial charge in [-0.05, 0) is 12.1 Å². The van der Waals surface area contributed by atoms with E-state index in [-0.39, 0.29) is 5.75 Å². The number of carbonyl (C=O) groups is 1. The van der Waals surface area contributed by atoms with Crippen LogP contribution >= 0.6 is 11.8 Å². The maximum absolute atomic E-state index is 10.6. The number of aromatic nitrogens is 4. The first kappa shape index (κ1) is 11.1. The largest absolute Gasteiger partial charge is 0.481 e. The molecule has 18 heavy (non-hydrogen) atoms. The van der Waals surface area contributed by atoms with Gasteiger partial charge in [0.2, 0.25) is 5.78 Å². The second kappa shape index (κ2) is 4.02. The summed E-state index contributed by atoms with van der Waals surface area (Å²) < 4.78 is 3.82. The highest BCUT2D eigenvalue weighted by molar-refractivity contribution is 7.99. The summed E-state index contributed by atoms with van der Waals surface area (Å²) in [7, 11) is 1.91. The van der Waals surface area contributed by atoms with Gasteiger partial charge in [0.05, 0.1) is 16.8 Å². The number of para-hydroxylation sites is 2. The summed E-state index contributed by atoms with van der Waals surface area (Å²) in [5.41, 5.74) is 2.02. The molecule has 0 saturated heterocycles. The molecule has 0 fully saturated rings. The first-order valence-electron chi connectivity index (χ1n) is 5.31. The molecule has 0 unspecified atom stereocenters. The summed E-state index contributed by atoms with van der Waals surface area (Å²) in [4.78, 5) is 10.6. The summed E-state index contributed by atoms with van der Waals surface area (Å²) in [5, 5.41) is 17.4. The third-order valence-corrected chi connectivity index (χ3v) is 3.64. The van der Waals surface area contributed by atoms with Gasteiger partial charge in [-0.1, -0.05) is 23.9 Å². The molecule has 0 spiro atoms. The second-order valence-electron chi connectivity index (χ2n) is 3.85. The summed E-state index contributed by atoms with van der Waals surface area (Å²) in [6, 6.07) is 7.86. The van der Waals surface area contributed by atoms with Crippen molar-refractivity contribution in [2.45, 2.75) is 5.16 Å². The number of aliphatic carboxylic acids is 1. The monoisotopic (exact) mass is 262 g/mol. The van der Waals surface area contributed by atoms with E-state index in [1.807, 2.05) is 40.3 Å². The maximum Gasteiger partial charge on any atom is 0.313 e. The van der Waals surface area contributed by atoms with Gasteiger partial charge in [-0.3, -0.25) is 9.20 Å². The fourth-order valence-corrected chi connectivity index (χ4v) is 2.61. The quantitative estimate of drug-likeness (QED) is 0.722. The number of thioether (sulfide) groups is 1. The zero-order valence-electron chi connectivity index (χ0n) is 9.57. The lowest BCUT2D eigenvalue weighted by atomic mass is 10.3. The summed E-state index contributed by atoms with van der Waals surface area (Å²) >= 11 is 1.17. The third kappa shape index (κ3) is 1.55. The van der Waals surface area contributed by atoms with Crippen molar-refractivity contribution < 1.29 is 9.90 Å². The van der Waals surface area contributed by atoms with Gasteiger partial charge in [-0.2, -0.15) is 0 Å². The molecule has 2 heterocycles. The standard InChI is InChI=1S/C11H10N4O2S/c1-14-7-4-2-3-5-8(7)15-10(14)12-13-11(15)18-6-9(16)17/h2-5H,6H2,1H3,(H,16,17). The Bertz CT molecular complexity index is 746. The fourth-order valence-electron chi connectivity index (χ4n) is 1.95. The second-order valence-corrected chi connectivity index (χ2v) is 4.79. The minimum atomic E-state index is -0.864. The number of imidazole rings is 1. The Labute approximate surface area is 106 Å². The number of carboxylic acid groups (broad SMARTS) is 1. The van der Waals surface area contributed by atoms with Crippen LogP contribution in [-0.2, 0) is 11.8 Å². The Morgan fingerprint density at radius 3 is 2.78 bits per heavy atom. The highest BCUT2D eigenvalue weighted by Crippen LogP contribution is 2.24. The molecule has 0 aliphatic rings. The molecule has 92 valence electrons. The van der Waals surface area contributed by atoms with Crippen LogP contribution in [0.15, 0.2) is 29.4 Å². The van der Waals surface area contributed by atoms with Gasteiger partial charge in [-0.25, -0.2) is 0 Å². The smallest absolute Gasteiger partial charge is 0.313 e. The molecule has 0 aliphatic heterocycles. The van der Waals surface area contributed by atoms with E-state index in [1.54, 1.807) is 0 Å². The number of benzene rings is 1. The van der Waals surface area contributed by atoms with Crippen molar-refractivity contribution in [1.82, 2.24) is 19.2 Å². The average molecular weight is 262 g/mol. The van der Waals surface area contributed by atoms with Gasteiger partial charge < -0.3 is 9.67 Å². The Hall–Kier alpha value is -2.02. The predicted octanol–water partition coefficient (Wildman–Crippen LogP) is 1.40. The van der Waals surface area contributed by atoms with Crippen LogP contribution in [0, 0.1) is 0 Å². The van der Waals surface area contributed by atoms with Crippen LogP contribution in [0.2, 0.25) is 0 Å². The average Bonchev–Trinajstić information content (AvgIpc) is 2.89. The van der Waals surface area contributed by atoms with Crippen LogP contribution in [0.25, 0.3) is 16.8 Å². The van der Waals surface area contributed by atoms with Gasteiger partial charge in [-0.15, -0.1) is 10.2 Å². The van der Waals surface area contributed by atoms with Gasteiger partial charge >= 0.3 is 5.97 Å². The number of aryl methyl sites for hydroxylation is 1. The summed E-state index contributed by atoms with van der Waals surface area (Å²) in [6.45, 7) is 0. The molecule has 1 aromatic carbocycles. The van der Waals surface area contributed by atoms with Crippen molar-refractivity contribution in [1.29, 1.82) is 0 Å². The Morgan fingerprint density at radius 2 is 2.06 bits per heavy atom. The van der Waals surface area contributed by atoms with Crippen LogP contribution < -0.4 is 0 Å². The molecule has 7 heteroatoms. The summed E-state index contributed by atoms with van der Waals surface area (Å²) in [6.07, 6.45) is 0. The highest BCUT2D eigenvalue weighted by atomic mass is 32.2. The minimum Gasteiger partial charge on any atom is -0.481 e. The van der Waals surface area contributed by atoms with E-state index in [1.165, 1.54) is 11.8 Å². The van der Waals surface area contributed by atoms with Crippen molar-refractivity contribution in [3.63, 3.8) is 0 Å². The molecule has 3 rings (SSSR count). The highest BCUT2D eigenvalue weighted by Gasteiger charge is 2.15. The molecule has 0 saturated carbocycles. The van der Waals surface area contributed by atoms with Crippen molar-refractivity contribution >= 4 is 34.5 Å². The molecule has 0 radical (unpaired) electrons. The fraction of sp³-hybridized carbons (Fsp3) is 0.182. The van der Waals surface area contributed by atoms with E-state index < -0.39 is 5.97 Å². The number of hydrogen-bond acceptors (Lipinski definition) is 4. The first-order chi connectivity index (χ1) is 8.68. The van der Waals surface area contributed by atoms with Crippen LogP contribution in [0.3, 0.4) is 0 Å². The van der Waals surface area contributed by atoms with E-state index >= 15 is 0 Å². The van der Waals surface area contributed by atoms with Gasteiger partial charge in [0, 0.05) is 7.05 Å². The number of fused-ring (bicyclic) bond motifs is 3. The van der Waals surface area contributed by atoms with E-state index in [0.29, 0.717) is 10.9 Å². The van der Waals surface area contributed by atoms with E-state index in [4.69, 9.17) is 5.11 Å². The molecule has 0 bridgehead atoms. The van der Waals surface area contributed by atoms with Crippen LogP contribution in [0.5, 0.6) is 0 Å². The van der Waals surface area contributed by atoms with E-state index in [0.717, 1.165) is 11.0 Å². The van der Waals surface area contributed by atoms with Crippen molar-refractivity contribution in [2.75, 3.05) is 5.75 Å². The van der Waals surface area contributed by atoms with E-state index in [9.17, 15) is 4.79 Å². The molecule has 0 amide bonds. The number of carboxylic acids is 1. The van der Waals surface area contributed by atoms with Crippen molar-refractivity contribution in [3.05, 3.63) is 24.3 Å². The van der Waals surface area contributed by atoms with Crippen molar-refractivity contribution in [3.8, 4) is 0 Å². The number of rotatable bonds is 3. The van der Waals surface area contributed by atoms with Crippen LogP contribution in [0.1, 0.15) is 0 Å². The van der Waals surface area contributed by atoms with Crippen LogP contribution in [-0.4, -0.2) is 36.0 Å². The zero-order valence-corrected chi connectivity index (χ0v) is 10.4. The molecule has 0 atom stereocenters. The summed E-state index contributed by atoms with van der Waals surface area (Å²) in [5.74, 6) is -0.176. The zero-order chi connectivity index (χ0) is 12.7. The topological polar surface area (TPSA) is 72.4 Å². The predicted molar refractivity (Wildman–Crippen MR) is 67.8 cm³/mol. The Kier molecular flexibility index (Phi) is 2.48.